The topological polar surface area (TPSA) is 81.7 Å². The highest BCUT2D eigenvalue weighted by atomic mass is 79.9. The fourth-order valence-corrected chi connectivity index (χ4v) is 2.67. The summed E-state index contributed by atoms with van der Waals surface area (Å²) in [6.07, 6.45) is 1.79. The summed E-state index contributed by atoms with van der Waals surface area (Å²) in [5, 5.41) is 2.63. The van der Waals surface area contributed by atoms with E-state index in [1.807, 2.05) is 6.07 Å². The van der Waals surface area contributed by atoms with Crippen LogP contribution in [0.4, 0.5) is 5.69 Å². The van der Waals surface area contributed by atoms with Gasteiger partial charge in [0.15, 0.2) is 11.9 Å². The first-order valence-electron chi connectivity index (χ1n) is 8.44. The monoisotopic (exact) mass is 445 g/mol. The molecule has 0 aliphatic rings. The van der Waals surface area contributed by atoms with E-state index >= 15 is 0 Å². The summed E-state index contributed by atoms with van der Waals surface area (Å²) in [5.41, 5.74) is 1.74. The number of hydrogen-bond donors (Lipinski definition) is 1. The highest BCUT2D eigenvalue weighted by molar-refractivity contribution is 9.10. The van der Waals surface area contributed by atoms with Crippen LogP contribution in [0, 0.1) is 0 Å². The first-order valence-corrected chi connectivity index (χ1v) is 9.23. The van der Waals surface area contributed by atoms with Crippen molar-refractivity contribution in [2.75, 3.05) is 12.4 Å². The lowest BCUT2D eigenvalue weighted by Gasteiger charge is -2.12. The molecule has 0 saturated carbocycles. The normalized spacial score (nSPS) is 11.7. The van der Waals surface area contributed by atoms with Gasteiger partial charge in [-0.2, -0.15) is 0 Å². The molecular weight excluding hydrogens is 426 g/mol. The van der Waals surface area contributed by atoms with Crippen molar-refractivity contribution in [2.24, 2.45) is 0 Å². The minimum atomic E-state index is -0.992. The molecule has 2 rings (SSSR count). The summed E-state index contributed by atoms with van der Waals surface area (Å²) in [6.45, 7) is 2.94. The third-order valence-electron chi connectivity index (χ3n) is 3.81. The van der Waals surface area contributed by atoms with Crippen LogP contribution in [0.15, 0.2) is 53.0 Å². The molecule has 0 bridgehead atoms. The fraction of sp³-hybridized carbons (Fsp3) is 0.190. The number of nitrogens with one attached hydrogen (secondary N) is 1. The Morgan fingerprint density at radius 2 is 1.79 bits per heavy atom. The standard InChI is InChI=1S/C21H20BrNO5/c1-13(24)15-4-8-18(9-5-15)23-21(26)14(2)28-20(25)11-6-16-12-17(22)7-10-19(16)27-3/h4-12,14H,1-3H3,(H,23,26)/b11-6+. The third kappa shape index (κ3) is 6.06. The van der Waals surface area contributed by atoms with Crippen LogP contribution in [-0.4, -0.2) is 30.9 Å². The molecule has 7 heteroatoms. The van der Waals surface area contributed by atoms with Gasteiger partial charge in [-0.1, -0.05) is 15.9 Å². The number of methoxy groups -OCH3 is 1. The average molecular weight is 446 g/mol. The third-order valence-corrected chi connectivity index (χ3v) is 4.31. The minimum absolute atomic E-state index is 0.0611. The second kappa shape index (κ2) is 9.85. The summed E-state index contributed by atoms with van der Waals surface area (Å²) in [6, 6.07) is 11.8. The molecule has 1 amide bonds. The predicted molar refractivity (Wildman–Crippen MR) is 110 cm³/mol. The number of Topliss-reactive ketones (excluding diaryl/α,β-unsaturated/α-hetero) is 1. The predicted octanol–water partition coefficient (Wildman–Crippen LogP) is 4.24. The Hall–Kier alpha value is -2.93. The van der Waals surface area contributed by atoms with Gasteiger partial charge in [-0.25, -0.2) is 4.79 Å². The van der Waals surface area contributed by atoms with Gasteiger partial charge in [0.25, 0.3) is 5.91 Å². The van der Waals surface area contributed by atoms with Crippen molar-refractivity contribution >= 4 is 45.4 Å². The number of benzene rings is 2. The van der Waals surface area contributed by atoms with Gasteiger partial charge in [0, 0.05) is 27.4 Å². The van der Waals surface area contributed by atoms with Crippen molar-refractivity contribution in [1.29, 1.82) is 0 Å². The second-order valence-electron chi connectivity index (χ2n) is 5.92. The van der Waals surface area contributed by atoms with Crippen molar-refractivity contribution in [3.63, 3.8) is 0 Å². The van der Waals surface area contributed by atoms with Crippen molar-refractivity contribution in [1.82, 2.24) is 0 Å². The van der Waals surface area contributed by atoms with E-state index in [0.29, 0.717) is 22.6 Å². The lowest BCUT2D eigenvalue weighted by Crippen LogP contribution is -2.29. The van der Waals surface area contributed by atoms with Gasteiger partial charge in [-0.15, -0.1) is 0 Å². The number of carbonyl (C=O) groups excluding carboxylic acids is 3. The molecule has 1 unspecified atom stereocenters. The minimum Gasteiger partial charge on any atom is -0.496 e. The average Bonchev–Trinajstić information content (AvgIpc) is 2.66. The first kappa shape index (κ1) is 21.4. The van der Waals surface area contributed by atoms with Gasteiger partial charge in [0.2, 0.25) is 0 Å². The van der Waals surface area contributed by atoms with Gasteiger partial charge < -0.3 is 14.8 Å². The van der Waals surface area contributed by atoms with Crippen molar-refractivity contribution in [3.05, 3.63) is 64.1 Å². The molecule has 0 radical (unpaired) electrons. The quantitative estimate of drug-likeness (QED) is 0.391. The van der Waals surface area contributed by atoms with Gasteiger partial charge in [0.1, 0.15) is 5.75 Å². The molecular formula is C21H20BrNO5. The van der Waals surface area contributed by atoms with Gasteiger partial charge in [0.05, 0.1) is 7.11 Å². The fourth-order valence-electron chi connectivity index (χ4n) is 2.29. The molecule has 0 aliphatic carbocycles. The van der Waals surface area contributed by atoms with Gasteiger partial charge in [-0.3, -0.25) is 9.59 Å². The molecule has 0 saturated heterocycles. The number of esters is 1. The molecule has 0 fully saturated rings. The van der Waals surface area contributed by atoms with Crippen LogP contribution in [0.1, 0.15) is 29.8 Å². The Balaban J connectivity index is 1.95. The highest BCUT2D eigenvalue weighted by Crippen LogP contribution is 2.24. The number of halogens is 1. The number of hydrogen-bond acceptors (Lipinski definition) is 5. The van der Waals surface area contributed by atoms with Crippen LogP contribution in [0.5, 0.6) is 5.75 Å². The zero-order chi connectivity index (χ0) is 20.7. The number of carbonyl (C=O) groups is 3. The molecule has 146 valence electrons. The smallest absolute Gasteiger partial charge is 0.331 e. The number of ketones is 1. The van der Waals surface area contributed by atoms with E-state index in [4.69, 9.17) is 9.47 Å². The summed E-state index contributed by atoms with van der Waals surface area (Å²) in [5.74, 6) is -0.588. The Morgan fingerprint density at radius 1 is 1.11 bits per heavy atom. The molecule has 1 N–H and O–H groups in total. The molecule has 0 aromatic heterocycles. The van der Waals surface area contributed by atoms with E-state index in [1.165, 1.54) is 27.0 Å². The largest absolute Gasteiger partial charge is 0.496 e. The summed E-state index contributed by atoms with van der Waals surface area (Å²) >= 11 is 3.36. The van der Waals surface area contributed by atoms with Crippen LogP contribution >= 0.6 is 15.9 Å². The van der Waals surface area contributed by atoms with Crippen LogP contribution in [0.3, 0.4) is 0 Å². The Kier molecular flexibility index (Phi) is 7.52. The summed E-state index contributed by atoms with van der Waals surface area (Å²) < 4.78 is 11.2. The van der Waals surface area contributed by atoms with E-state index in [0.717, 1.165) is 4.47 Å². The van der Waals surface area contributed by atoms with Crippen LogP contribution < -0.4 is 10.1 Å². The van der Waals surface area contributed by atoms with E-state index in [9.17, 15) is 14.4 Å². The van der Waals surface area contributed by atoms with Crippen molar-refractivity contribution < 1.29 is 23.9 Å². The van der Waals surface area contributed by atoms with Crippen LogP contribution in [0.25, 0.3) is 6.08 Å². The Bertz CT molecular complexity index is 906. The van der Waals surface area contributed by atoms with Crippen LogP contribution in [-0.2, 0) is 14.3 Å². The lowest BCUT2D eigenvalue weighted by molar-refractivity contribution is -0.148. The van der Waals surface area contributed by atoms with E-state index in [2.05, 4.69) is 21.2 Å². The molecule has 0 aliphatic heterocycles. The SMILES string of the molecule is COc1ccc(Br)cc1/C=C/C(=O)OC(C)C(=O)Nc1ccc(C(C)=O)cc1. The molecule has 0 spiro atoms. The number of rotatable bonds is 7. The first-order chi connectivity index (χ1) is 13.3. The summed E-state index contributed by atoms with van der Waals surface area (Å²) in [4.78, 5) is 35.5. The second-order valence-corrected chi connectivity index (χ2v) is 6.84. The zero-order valence-electron chi connectivity index (χ0n) is 15.7. The van der Waals surface area contributed by atoms with E-state index in [1.54, 1.807) is 42.5 Å². The molecule has 2 aromatic carbocycles. The zero-order valence-corrected chi connectivity index (χ0v) is 17.3. The molecule has 6 nitrogen and oxygen atoms in total. The lowest BCUT2D eigenvalue weighted by atomic mass is 10.1. The maximum Gasteiger partial charge on any atom is 0.331 e. The molecule has 0 heterocycles. The maximum atomic E-state index is 12.2. The highest BCUT2D eigenvalue weighted by Gasteiger charge is 2.17. The summed E-state index contributed by atoms with van der Waals surface area (Å²) in [7, 11) is 1.54. The van der Waals surface area contributed by atoms with E-state index in [-0.39, 0.29) is 5.78 Å². The number of anilines is 1. The van der Waals surface area contributed by atoms with Gasteiger partial charge in [-0.05, 0) is 62.4 Å². The van der Waals surface area contributed by atoms with Gasteiger partial charge >= 0.3 is 5.97 Å². The number of ether oxygens (including phenoxy) is 2. The Morgan fingerprint density at radius 3 is 2.39 bits per heavy atom. The molecule has 2 aromatic rings. The Labute approximate surface area is 171 Å². The molecule has 28 heavy (non-hydrogen) atoms. The van der Waals surface area contributed by atoms with Crippen LogP contribution in [0.2, 0.25) is 0 Å². The van der Waals surface area contributed by atoms with Crippen molar-refractivity contribution in [3.8, 4) is 5.75 Å². The van der Waals surface area contributed by atoms with Crippen molar-refractivity contribution in [2.45, 2.75) is 20.0 Å². The van der Waals surface area contributed by atoms with E-state index < -0.39 is 18.0 Å². The molecule has 1 atom stereocenters. The maximum absolute atomic E-state index is 12.2. The number of amides is 1.